The molecule has 1 saturated heterocycles. The lowest BCUT2D eigenvalue weighted by atomic mass is 10.2. The van der Waals surface area contributed by atoms with Gasteiger partial charge in [0, 0.05) is 17.1 Å². The second-order valence-corrected chi connectivity index (χ2v) is 4.64. The highest BCUT2D eigenvalue weighted by Crippen LogP contribution is 2.18. The maximum absolute atomic E-state index is 13.0. The van der Waals surface area contributed by atoms with E-state index in [9.17, 15) is 9.18 Å². The van der Waals surface area contributed by atoms with Crippen molar-refractivity contribution in [3.8, 4) is 0 Å². The molecule has 0 aromatic heterocycles. The van der Waals surface area contributed by atoms with Gasteiger partial charge in [-0.15, -0.1) is 0 Å². The number of hydrogen-bond acceptors (Lipinski definition) is 2. The third kappa shape index (κ3) is 2.59. The zero-order valence-electron chi connectivity index (χ0n) is 8.59. The maximum Gasteiger partial charge on any atom is 0.252 e. The molecule has 0 unspecified atom stereocenters. The van der Waals surface area contributed by atoms with Gasteiger partial charge in [0.25, 0.3) is 5.91 Å². The Morgan fingerprint density at radius 3 is 3.06 bits per heavy atom. The second-order valence-electron chi connectivity index (χ2n) is 3.79. The molecule has 1 aromatic rings. The predicted molar refractivity (Wildman–Crippen MR) is 62.8 cm³/mol. The van der Waals surface area contributed by atoms with Crippen LogP contribution >= 0.6 is 15.9 Å². The van der Waals surface area contributed by atoms with E-state index in [1.54, 1.807) is 0 Å². The zero-order chi connectivity index (χ0) is 11.5. The standard InChI is InChI=1S/C11H12BrFN2O/c12-10-2-1-7(13)5-9(10)11(16)15-8-3-4-14-6-8/h1-2,5,8,14H,3-4,6H2,(H,15,16)/t8-/m0/s1. The lowest BCUT2D eigenvalue weighted by Crippen LogP contribution is -2.36. The van der Waals surface area contributed by atoms with Crippen molar-refractivity contribution in [2.75, 3.05) is 13.1 Å². The van der Waals surface area contributed by atoms with Crippen molar-refractivity contribution < 1.29 is 9.18 Å². The van der Waals surface area contributed by atoms with Gasteiger partial charge in [-0.3, -0.25) is 4.79 Å². The Labute approximate surface area is 102 Å². The van der Waals surface area contributed by atoms with Gasteiger partial charge in [-0.1, -0.05) is 0 Å². The number of rotatable bonds is 2. The van der Waals surface area contributed by atoms with E-state index in [-0.39, 0.29) is 11.9 Å². The Balaban J connectivity index is 2.10. The number of carbonyl (C=O) groups is 1. The molecule has 0 radical (unpaired) electrons. The molecule has 1 fully saturated rings. The van der Waals surface area contributed by atoms with Crippen molar-refractivity contribution in [1.82, 2.24) is 10.6 Å². The van der Waals surface area contributed by atoms with E-state index < -0.39 is 5.82 Å². The Kier molecular flexibility index (Phi) is 3.56. The van der Waals surface area contributed by atoms with Crippen LogP contribution < -0.4 is 10.6 Å². The van der Waals surface area contributed by atoms with Crippen LogP contribution in [-0.4, -0.2) is 25.0 Å². The third-order valence-corrected chi connectivity index (χ3v) is 3.26. The fourth-order valence-corrected chi connectivity index (χ4v) is 2.14. The molecule has 0 spiro atoms. The normalized spacial score (nSPS) is 19.8. The van der Waals surface area contributed by atoms with Crippen LogP contribution in [0.1, 0.15) is 16.8 Å². The van der Waals surface area contributed by atoms with Crippen LogP contribution in [0.2, 0.25) is 0 Å². The third-order valence-electron chi connectivity index (χ3n) is 2.57. The molecule has 0 saturated carbocycles. The Morgan fingerprint density at radius 2 is 2.38 bits per heavy atom. The average molecular weight is 287 g/mol. The van der Waals surface area contributed by atoms with Crippen molar-refractivity contribution in [1.29, 1.82) is 0 Å². The molecule has 3 nitrogen and oxygen atoms in total. The van der Waals surface area contributed by atoms with E-state index in [0.717, 1.165) is 19.5 Å². The number of halogens is 2. The molecule has 0 bridgehead atoms. The van der Waals surface area contributed by atoms with E-state index in [2.05, 4.69) is 26.6 Å². The van der Waals surface area contributed by atoms with Crippen molar-refractivity contribution in [2.24, 2.45) is 0 Å². The van der Waals surface area contributed by atoms with Crippen molar-refractivity contribution in [3.05, 3.63) is 34.1 Å². The molecule has 16 heavy (non-hydrogen) atoms. The monoisotopic (exact) mass is 286 g/mol. The van der Waals surface area contributed by atoms with Gasteiger partial charge in [-0.05, 0) is 47.1 Å². The summed E-state index contributed by atoms with van der Waals surface area (Å²) in [6, 6.07) is 4.24. The first-order valence-corrected chi connectivity index (χ1v) is 5.93. The average Bonchev–Trinajstić information content (AvgIpc) is 2.74. The van der Waals surface area contributed by atoms with Gasteiger partial charge in [0.2, 0.25) is 0 Å². The number of hydrogen-bond donors (Lipinski definition) is 2. The molecule has 1 atom stereocenters. The fourth-order valence-electron chi connectivity index (χ4n) is 1.71. The van der Waals surface area contributed by atoms with Crippen LogP contribution in [0.4, 0.5) is 4.39 Å². The molecule has 1 aromatic carbocycles. The van der Waals surface area contributed by atoms with Crippen molar-refractivity contribution >= 4 is 21.8 Å². The number of benzene rings is 1. The molecule has 1 aliphatic rings. The lowest BCUT2D eigenvalue weighted by Gasteiger charge is -2.12. The van der Waals surface area contributed by atoms with Crippen molar-refractivity contribution in [3.63, 3.8) is 0 Å². The number of amides is 1. The van der Waals surface area contributed by atoms with E-state index in [1.165, 1.54) is 18.2 Å². The minimum absolute atomic E-state index is 0.141. The Bertz CT molecular complexity index is 405. The molecule has 5 heteroatoms. The molecular weight excluding hydrogens is 275 g/mol. The molecule has 0 aliphatic carbocycles. The Morgan fingerprint density at radius 1 is 1.56 bits per heavy atom. The van der Waals surface area contributed by atoms with Crippen LogP contribution in [0, 0.1) is 5.82 Å². The summed E-state index contributed by atoms with van der Waals surface area (Å²) in [7, 11) is 0. The van der Waals surface area contributed by atoms with Crippen LogP contribution in [0.15, 0.2) is 22.7 Å². The summed E-state index contributed by atoms with van der Waals surface area (Å²) in [4.78, 5) is 11.8. The summed E-state index contributed by atoms with van der Waals surface area (Å²) < 4.78 is 13.6. The van der Waals surface area contributed by atoms with Gasteiger partial charge in [0.05, 0.1) is 5.56 Å². The summed E-state index contributed by atoms with van der Waals surface area (Å²) in [6.07, 6.45) is 0.915. The highest BCUT2D eigenvalue weighted by molar-refractivity contribution is 9.10. The van der Waals surface area contributed by atoms with E-state index >= 15 is 0 Å². The molecule has 1 heterocycles. The van der Waals surface area contributed by atoms with Gasteiger partial charge in [-0.25, -0.2) is 4.39 Å². The summed E-state index contributed by atoms with van der Waals surface area (Å²) in [5.74, 6) is -0.641. The highest BCUT2D eigenvalue weighted by Gasteiger charge is 2.19. The molecule has 2 rings (SSSR count). The lowest BCUT2D eigenvalue weighted by molar-refractivity contribution is 0.0939. The van der Waals surface area contributed by atoms with E-state index in [4.69, 9.17) is 0 Å². The van der Waals surface area contributed by atoms with Gasteiger partial charge in [0.15, 0.2) is 0 Å². The minimum Gasteiger partial charge on any atom is -0.348 e. The summed E-state index contributed by atoms with van der Waals surface area (Å²) in [5.41, 5.74) is 0.340. The van der Waals surface area contributed by atoms with Crippen molar-refractivity contribution in [2.45, 2.75) is 12.5 Å². The largest absolute Gasteiger partial charge is 0.348 e. The first-order valence-electron chi connectivity index (χ1n) is 5.13. The number of nitrogens with one attached hydrogen (secondary N) is 2. The van der Waals surface area contributed by atoms with Crippen LogP contribution in [0.5, 0.6) is 0 Å². The van der Waals surface area contributed by atoms with E-state index in [1.807, 2.05) is 0 Å². The Hall–Kier alpha value is -0.940. The maximum atomic E-state index is 13.0. The van der Waals surface area contributed by atoms with E-state index in [0.29, 0.717) is 10.0 Å². The first kappa shape index (κ1) is 11.5. The summed E-state index contributed by atoms with van der Waals surface area (Å²) >= 11 is 3.24. The van der Waals surface area contributed by atoms with Crippen LogP contribution in [0.3, 0.4) is 0 Å². The van der Waals surface area contributed by atoms with Gasteiger partial charge < -0.3 is 10.6 Å². The predicted octanol–water partition coefficient (Wildman–Crippen LogP) is 1.68. The topological polar surface area (TPSA) is 41.1 Å². The molecule has 1 amide bonds. The van der Waals surface area contributed by atoms with Crippen LogP contribution in [-0.2, 0) is 0 Å². The molecule has 86 valence electrons. The smallest absolute Gasteiger partial charge is 0.252 e. The summed E-state index contributed by atoms with van der Waals surface area (Å²) in [5, 5.41) is 6.02. The van der Waals surface area contributed by atoms with Crippen LogP contribution in [0.25, 0.3) is 0 Å². The summed E-state index contributed by atoms with van der Waals surface area (Å²) in [6.45, 7) is 1.69. The second kappa shape index (κ2) is 4.93. The SMILES string of the molecule is O=C(N[C@H]1CCNC1)c1cc(F)ccc1Br. The zero-order valence-corrected chi connectivity index (χ0v) is 10.2. The van der Waals surface area contributed by atoms with Gasteiger partial charge in [0.1, 0.15) is 5.82 Å². The molecule has 2 N–H and O–H groups in total. The number of carbonyl (C=O) groups excluding carboxylic acids is 1. The quantitative estimate of drug-likeness (QED) is 0.869. The van der Waals surface area contributed by atoms with Gasteiger partial charge >= 0.3 is 0 Å². The van der Waals surface area contributed by atoms with Gasteiger partial charge in [-0.2, -0.15) is 0 Å². The highest BCUT2D eigenvalue weighted by atomic mass is 79.9. The fraction of sp³-hybridized carbons (Fsp3) is 0.364. The first-order chi connectivity index (χ1) is 7.66. The molecular formula is C11H12BrFN2O. The molecule has 1 aliphatic heterocycles. The minimum atomic E-state index is -0.405.